The molecule has 3 atom stereocenters. The van der Waals surface area contributed by atoms with Crippen molar-refractivity contribution in [2.75, 3.05) is 31.6 Å². The molecule has 0 radical (unpaired) electrons. The van der Waals surface area contributed by atoms with Crippen LogP contribution in [0, 0.1) is 11.8 Å². The smallest absolute Gasteiger partial charge is 0.0914 e. The molecule has 0 spiro atoms. The summed E-state index contributed by atoms with van der Waals surface area (Å²) >= 11 is 0. The molecule has 0 amide bonds. The van der Waals surface area contributed by atoms with Crippen LogP contribution in [-0.2, 0) is 0 Å². The number of hydrogen-bond donors (Lipinski definition) is 2. The topological polar surface area (TPSA) is 35.5 Å². The molecule has 2 rings (SSSR count). The number of likely N-dealkylation sites (N-methyl/N-ethyl adjacent to an activating group) is 1. The lowest BCUT2D eigenvalue weighted by Crippen LogP contribution is -2.38. The molecule has 0 aromatic heterocycles. The first kappa shape index (κ1) is 14.4. The fraction of sp³-hybridized carbons (Fsp3) is 0.625. The minimum absolute atomic E-state index is 0.418. The van der Waals surface area contributed by atoms with Crippen LogP contribution in [0.5, 0.6) is 0 Å². The van der Waals surface area contributed by atoms with Crippen molar-refractivity contribution in [2.45, 2.75) is 26.4 Å². The zero-order valence-electron chi connectivity index (χ0n) is 12.3. The summed E-state index contributed by atoms with van der Waals surface area (Å²) in [5.74, 6) is 1.52. The van der Waals surface area contributed by atoms with Crippen molar-refractivity contribution in [3.8, 4) is 0 Å². The van der Waals surface area contributed by atoms with Gasteiger partial charge in [-0.15, -0.1) is 0 Å². The number of aliphatic hydroxyl groups excluding tert-OH is 1. The summed E-state index contributed by atoms with van der Waals surface area (Å²) in [5.41, 5.74) is 2.26. The van der Waals surface area contributed by atoms with E-state index in [2.05, 4.69) is 36.2 Å². The maximum atomic E-state index is 9.93. The fourth-order valence-corrected chi connectivity index (χ4v) is 3.09. The van der Waals surface area contributed by atoms with Gasteiger partial charge in [-0.1, -0.05) is 26.0 Å². The summed E-state index contributed by atoms with van der Waals surface area (Å²) in [4.78, 5) is 2.47. The number of nitrogens with one attached hydrogen (secondary N) is 1. The Morgan fingerprint density at radius 3 is 2.32 bits per heavy atom. The monoisotopic (exact) mass is 262 g/mol. The van der Waals surface area contributed by atoms with Gasteiger partial charge in [0.05, 0.1) is 6.10 Å². The quantitative estimate of drug-likeness (QED) is 0.875. The zero-order chi connectivity index (χ0) is 13.8. The van der Waals surface area contributed by atoms with E-state index in [0.717, 1.165) is 30.5 Å². The first-order valence-electron chi connectivity index (χ1n) is 7.27. The highest BCUT2D eigenvalue weighted by molar-refractivity contribution is 5.48. The van der Waals surface area contributed by atoms with Crippen LogP contribution in [0.3, 0.4) is 0 Å². The van der Waals surface area contributed by atoms with Gasteiger partial charge in [0.15, 0.2) is 0 Å². The van der Waals surface area contributed by atoms with E-state index in [1.807, 2.05) is 19.2 Å². The van der Waals surface area contributed by atoms with Crippen LogP contribution in [0.2, 0.25) is 0 Å². The van der Waals surface area contributed by atoms with Crippen molar-refractivity contribution in [3.05, 3.63) is 29.8 Å². The highest BCUT2D eigenvalue weighted by Crippen LogP contribution is 2.27. The molecule has 19 heavy (non-hydrogen) atoms. The van der Waals surface area contributed by atoms with E-state index >= 15 is 0 Å². The third kappa shape index (κ3) is 3.71. The lowest BCUT2D eigenvalue weighted by Gasteiger charge is -2.36. The molecule has 1 aromatic rings. The van der Waals surface area contributed by atoms with Gasteiger partial charge in [0.1, 0.15) is 0 Å². The van der Waals surface area contributed by atoms with Crippen molar-refractivity contribution in [3.63, 3.8) is 0 Å². The Labute approximate surface area is 116 Å². The van der Waals surface area contributed by atoms with Crippen LogP contribution in [0.25, 0.3) is 0 Å². The largest absolute Gasteiger partial charge is 0.387 e. The molecule has 1 heterocycles. The van der Waals surface area contributed by atoms with Crippen molar-refractivity contribution in [1.29, 1.82) is 0 Å². The minimum atomic E-state index is -0.418. The maximum absolute atomic E-state index is 9.93. The van der Waals surface area contributed by atoms with Gasteiger partial charge >= 0.3 is 0 Å². The molecule has 1 aliphatic heterocycles. The molecule has 106 valence electrons. The minimum Gasteiger partial charge on any atom is -0.387 e. The van der Waals surface area contributed by atoms with E-state index in [-0.39, 0.29) is 0 Å². The lowest BCUT2D eigenvalue weighted by atomic mass is 9.91. The third-order valence-electron chi connectivity index (χ3n) is 3.91. The van der Waals surface area contributed by atoms with Crippen LogP contribution in [0.4, 0.5) is 5.69 Å². The average molecular weight is 262 g/mol. The number of aliphatic hydroxyl groups is 1. The Kier molecular flexibility index (Phi) is 4.83. The second-order valence-corrected chi connectivity index (χ2v) is 6.02. The first-order chi connectivity index (χ1) is 9.10. The van der Waals surface area contributed by atoms with Crippen LogP contribution in [0.1, 0.15) is 31.9 Å². The van der Waals surface area contributed by atoms with Crippen molar-refractivity contribution in [1.82, 2.24) is 5.32 Å². The molecule has 0 bridgehead atoms. The molecule has 1 saturated heterocycles. The van der Waals surface area contributed by atoms with Gasteiger partial charge in [-0.2, -0.15) is 0 Å². The van der Waals surface area contributed by atoms with Gasteiger partial charge in [0.25, 0.3) is 0 Å². The van der Waals surface area contributed by atoms with E-state index < -0.39 is 6.10 Å². The molecule has 3 unspecified atom stereocenters. The van der Waals surface area contributed by atoms with Crippen LogP contribution < -0.4 is 10.2 Å². The van der Waals surface area contributed by atoms with Crippen LogP contribution in [-0.4, -0.2) is 31.8 Å². The van der Waals surface area contributed by atoms with E-state index in [1.54, 1.807) is 0 Å². The van der Waals surface area contributed by atoms with Crippen molar-refractivity contribution >= 4 is 5.69 Å². The molecule has 0 aliphatic carbocycles. The van der Waals surface area contributed by atoms with Crippen molar-refractivity contribution < 1.29 is 5.11 Å². The van der Waals surface area contributed by atoms with Gasteiger partial charge < -0.3 is 15.3 Å². The van der Waals surface area contributed by atoms with E-state index in [0.29, 0.717) is 6.54 Å². The standard InChI is InChI=1S/C16H26N2O/c1-12-8-13(2)11-18(10-12)15-6-4-14(5-7-15)16(19)9-17-3/h4-7,12-13,16-17,19H,8-11H2,1-3H3. The summed E-state index contributed by atoms with van der Waals surface area (Å²) in [6.45, 7) is 7.53. The van der Waals surface area contributed by atoms with Gasteiger partial charge in [0, 0.05) is 25.3 Å². The molecule has 2 N–H and O–H groups in total. The number of benzene rings is 1. The SMILES string of the molecule is CNCC(O)c1ccc(N2CC(C)CC(C)C2)cc1. The molecule has 0 saturated carbocycles. The Morgan fingerprint density at radius 2 is 1.79 bits per heavy atom. The van der Waals surface area contributed by atoms with Gasteiger partial charge in [0.2, 0.25) is 0 Å². The summed E-state index contributed by atoms with van der Waals surface area (Å²) in [6, 6.07) is 8.36. The molecule has 1 aliphatic rings. The Balaban J connectivity index is 2.05. The van der Waals surface area contributed by atoms with Crippen molar-refractivity contribution in [2.24, 2.45) is 11.8 Å². The van der Waals surface area contributed by atoms with Gasteiger partial charge in [-0.05, 0) is 43.0 Å². The maximum Gasteiger partial charge on any atom is 0.0914 e. The Hall–Kier alpha value is -1.06. The summed E-state index contributed by atoms with van der Waals surface area (Å²) in [5, 5.41) is 12.9. The van der Waals surface area contributed by atoms with Gasteiger partial charge in [-0.25, -0.2) is 0 Å². The Morgan fingerprint density at radius 1 is 1.21 bits per heavy atom. The second-order valence-electron chi connectivity index (χ2n) is 6.02. The fourth-order valence-electron chi connectivity index (χ4n) is 3.09. The van der Waals surface area contributed by atoms with Gasteiger partial charge in [-0.3, -0.25) is 0 Å². The van der Waals surface area contributed by atoms with Crippen LogP contribution >= 0.6 is 0 Å². The summed E-state index contributed by atoms with van der Waals surface area (Å²) < 4.78 is 0. The number of hydrogen-bond acceptors (Lipinski definition) is 3. The molecule has 1 fully saturated rings. The zero-order valence-corrected chi connectivity index (χ0v) is 12.3. The molecule has 3 nitrogen and oxygen atoms in total. The highest BCUT2D eigenvalue weighted by Gasteiger charge is 2.21. The van der Waals surface area contributed by atoms with Crippen LogP contribution in [0.15, 0.2) is 24.3 Å². The first-order valence-corrected chi connectivity index (χ1v) is 7.27. The summed E-state index contributed by atoms with van der Waals surface area (Å²) in [6.07, 6.45) is 0.911. The van der Waals surface area contributed by atoms with E-state index in [1.165, 1.54) is 12.1 Å². The third-order valence-corrected chi connectivity index (χ3v) is 3.91. The highest BCUT2D eigenvalue weighted by atomic mass is 16.3. The number of nitrogens with zero attached hydrogens (tertiary/aromatic N) is 1. The second kappa shape index (κ2) is 6.40. The number of anilines is 1. The number of rotatable bonds is 4. The molecule has 1 aromatic carbocycles. The predicted molar refractivity (Wildman–Crippen MR) is 80.5 cm³/mol. The normalized spacial score (nSPS) is 25.4. The average Bonchev–Trinajstić information content (AvgIpc) is 2.38. The summed E-state index contributed by atoms with van der Waals surface area (Å²) in [7, 11) is 1.86. The van der Waals surface area contributed by atoms with E-state index in [9.17, 15) is 5.11 Å². The predicted octanol–water partition coefficient (Wildman–Crippen LogP) is 2.42. The molecular weight excluding hydrogens is 236 g/mol. The van der Waals surface area contributed by atoms with E-state index in [4.69, 9.17) is 0 Å². The number of piperidine rings is 1. The molecule has 3 heteroatoms. The lowest BCUT2D eigenvalue weighted by molar-refractivity contribution is 0.178. The molecular formula is C16H26N2O. The Bertz CT molecular complexity index is 380.